The van der Waals surface area contributed by atoms with Gasteiger partial charge in [-0.3, -0.25) is 4.39 Å². The molecule has 0 spiro atoms. The van der Waals surface area contributed by atoms with Crippen LogP contribution in [-0.2, 0) is 0 Å². The van der Waals surface area contributed by atoms with Gasteiger partial charge in [0.05, 0.1) is 6.67 Å². The predicted octanol–water partition coefficient (Wildman–Crippen LogP) is 2.35. The van der Waals surface area contributed by atoms with Gasteiger partial charge in [0.2, 0.25) is 0 Å². The van der Waals surface area contributed by atoms with Crippen molar-refractivity contribution in [3.8, 4) is 0 Å². The maximum Gasteiger partial charge on any atom is 0.0894 e. The molecule has 0 aromatic heterocycles. The summed E-state index contributed by atoms with van der Waals surface area (Å²) in [5.41, 5.74) is 0. The van der Waals surface area contributed by atoms with E-state index in [9.17, 15) is 4.39 Å². The average Bonchev–Trinajstić information content (AvgIpc) is 1.69. The molecule has 0 aliphatic heterocycles. The molecular weight excluding hydrogens is 329 g/mol. The summed E-state index contributed by atoms with van der Waals surface area (Å²) >= 11 is 0. The van der Waals surface area contributed by atoms with Gasteiger partial charge in [-0.25, -0.2) is 0 Å². The van der Waals surface area contributed by atoms with Crippen LogP contribution in [0.25, 0.3) is 0 Å². The largest absolute Gasteiger partial charge is 0.343 e. The number of unbranched alkanes of at least 4 members (excludes halogenated alkanes) is 3. The van der Waals surface area contributed by atoms with Crippen LogP contribution in [0, 0.1) is 38.0 Å². The Hall–Kier alpha value is 0.982. The molecule has 0 atom stereocenters. The maximum atomic E-state index is 11.3. The van der Waals surface area contributed by atoms with Gasteiger partial charge in [-0.15, -0.1) is 0 Å². The molecule has 8 heavy (non-hydrogen) atoms. The summed E-state index contributed by atoms with van der Waals surface area (Å²) in [5, 5.41) is 0. The molecule has 0 saturated heterocycles. The first kappa shape index (κ1) is 11.7. The first-order valence-electron chi connectivity index (χ1n) is 2.77. The third kappa shape index (κ3) is 10.1. The molecule has 0 saturated carbocycles. The van der Waals surface area contributed by atoms with E-state index in [1.165, 1.54) is 0 Å². The van der Waals surface area contributed by atoms with Gasteiger partial charge in [0.1, 0.15) is 0 Å². The normalized spacial score (nSPS) is 8.25. The van der Waals surface area contributed by atoms with Crippen LogP contribution in [0.1, 0.15) is 25.7 Å². The quantitative estimate of drug-likeness (QED) is 0.544. The van der Waals surface area contributed by atoms with Crippen molar-refractivity contribution in [3.63, 3.8) is 0 Å². The van der Waals surface area contributed by atoms with E-state index in [0.29, 0.717) is 0 Å². The van der Waals surface area contributed by atoms with Crippen LogP contribution in [0.5, 0.6) is 0 Å². The molecule has 0 bridgehead atoms. The smallest absolute Gasteiger partial charge is 0.0894 e. The second kappa shape index (κ2) is 10.9. The van der Waals surface area contributed by atoms with Crippen LogP contribution in [0.4, 0.5) is 4.39 Å². The zero-order valence-corrected chi connectivity index (χ0v) is 9.28. The summed E-state index contributed by atoms with van der Waals surface area (Å²) in [5.74, 6) is 0. The molecule has 48 valence electrons. The van der Waals surface area contributed by atoms with Crippen LogP contribution in [0.2, 0.25) is 0 Å². The van der Waals surface area contributed by atoms with Gasteiger partial charge in [0.15, 0.2) is 0 Å². The molecule has 0 rings (SSSR count). The van der Waals surface area contributed by atoms with Gasteiger partial charge in [0.25, 0.3) is 0 Å². The van der Waals surface area contributed by atoms with Crippen molar-refractivity contribution in [1.82, 2.24) is 0 Å². The molecule has 0 unspecified atom stereocenters. The fourth-order valence-corrected chi connectivity index (χ4v) is 0.448. The van der Waals surface area contributed by atoms with Crippen molar-refractivity contribution in [2.75, 3.05) is 6.67 Å². The van der Waals surface area contributed by atoms with Gasteiger partial charge in [-0.1, -0.05) is 12.8 Å². The van der Waals surface area contributed by atoms with E-state index in [1.807, 2.05) is 0 Å². The molecule has 0 heterocycles. The molecule has 0 radical (unpaired) electrons. The second-order valence-corrected chi connectivity index (χ2v) is 1.60. The van der Waals surface area contributed by atoms with E-state index in [1.54, 1.807) is 0 Å². The van der Waals surface area contributed by atoms with E-state index in [0.717, 1.165) is 25.7 Å². The van der Waals surface area contributed by atoms with Gasteiger partial charge in [0, 0.05) is 31.1 Å². The Balaban J connectivity index is 0. The molecule has 0 fully saturated rings. The Morgan fingerprint density at radius 2 is 1.75 bits per heavy atom. The van der Waals surface area contributed by atoms with E-state index >= 15 is 0 Å². The van der Waals surface area contributed by atoms with Crippen molar-refractivity contribution >= 4 is 0 Å². The molecule has 0 nitrogen and oxygen atoms in total. The summed E-state index contributed by atoms with van der Waals surface area (Å²) in [7, 11) is 0. The monoisotopic (exact) mass is 341 g/mol. The maximum absolute atomic E-state index is 11.3. The Bertz CT molecular complexity index is 27.7. The molecule has 0 aromatic rings. The molecule has 0 amide bonds. The van der Waals surface area contributed by atoms with Crippen LogP contribution in [-0.4, -0.2) is 6.67 Å². The summed E-state index contributed by atoms with van der Waals surface area (Å²) in [6, 6.07) is 0. The van der Waals surface area contributed by atoms with E-state index in [2.05, 4.69) is 6.92 Å². The van der Waals surface area contributed by atoms with Gasteiger partial charge < -0.3 is 6.92 Å². The number of alkyl halides is 1. The fraction of sp³-hybridized carbons (Fsp3) is 0.833. The summed E-state index contributed by atoms with van der Waals surface area (Å²) in [6.07, 6.45) is 3.74. The van der Waals surface area contributed by atoms with Crippen molar-refractivity contribution in [2.45, 2.75) is 25.7 Å². The van der Waals surface area contributed by atoms with Crippen molar-refractivity contribution in [2.24, 2.45) is 0 Å². The summed E-state index contributed by atoms with van der Waals surface area (Å²) in [6.45, 7) is 3.47. The topological polar surface area (TPSA) is 0 Å². The standard InChI is InChI=1S/C6H12F.U/c1-2-3-4-5-6-7;/h1-6H2;/q-1;. The number of rotatable bonds is 4. The van der Waals surface area contributed by atoms with Crippen LogP contribution < -0.4 is 0 Å². The van der Waals surface area contributed by atoms with Gasteiger partial charge in [-0.2, -0.15) is 6.42 Å². The number of halogens is 1. The fourth-order valence-electron chi connectivity index (χ4n) is 0.448. The first-order valence-corrected chi connectivity index (χ1v) is 2.77. The summed E-state index contributed by atoms with van der Waals surface area (Å²) < 4.78 is 11.3. The third-order valence-electron chi connectivity index (χ3n) is 0.884. The molecular formula is C6H12FU-. The Kier molecular flexibility index (Phi) is 16.0. The molecule has 0 aliphatic carbocycles. The minimum absolute atomic E-state index is 0. The van der Waals surface area contributed by atoms with Crippen molar-refractivity contribution < 1.29 is 35.5 Å². The Labute approximate surface area is 74.6 Å². The predicted molar refractivity (Wildman–Crippen MR) is 29.8 cm³/mol. The van der Waals surface area contributed by atoms with Crippen molar-refractivity contribution in [1.29, 1.82) is 0 Å². The molecule has 0 N–H and O–H groups in total. The Morgan fingerprint density at radius 1 is 1.12 bits per heavy atom. The average molecular weight is 341 g/mol. The molecule has 0 aliphatic rings. The van der Waals surface area contributed by atoms with E-state index in [-0.39, 0.29) is 37.8 Å². The minimum Gasteiger partial charge on any atom is -0.343 e. The van der Waals surface area contributed by atoms with Gasteiger partial charge >= 0.3 is 0 Å². The first-order chi connectivity index (χ1) is 3.41. The third-order valence-corrected chi connectivity index (χ3v) is 0.884. The summed E-state index contributed by atoms with van der Waals surface area (Å²) in [4.78, 5) is 0. The van der Waals surface area contributed by atoms with Crippen LogP contribution in [0.3, 0.4) is 0 Å². The second-order valence-electron chi connectivity index (χ2n) is 1.60. The van der Waals surface area contributed by atoms with E-state index < -0.39 is 0 Å². The van der Waals surface area contributed by atoms with Crippen LogP contribution in [0.15, 0.2) is 0 Å². The number of hydrogen-bond acceptors (Lipinski definition) is 0. The zero-order valence-electron chi connectivity index (χ0n) is 5.12. The van der Waals surface area contributed by atoms with Gasteiger partial charge in [-0.05, 0) is 6.42 Å². The Morgan fingerprint density at radius 3 is 2.12 bits per heavy atom. The minimum atomic E-state index is -0.167. The van der Waals surface area contributed by atoms with E-state index in [4.69, 9.17) is 0 Å². The molecule has 0 aromatic carbocycles. The SMILES string of the molecule is [CH2-]CCCCCF.[U]. The zero-order chi connectivity index (χ0) is 5.54. The number of hydrogen-bond donors (Lipinski definition) is 0. The van der Waals surface area contributed by atoms with Crippen molar-refractivity contribution in [3.05, 3.63) is 6.92 Å². The van der Waals surface area contributed by atoms with Crippen LogP contribution >= 0.6 is 0 Å². The molecule has 2 heteroatoms.